The molecule has 2 rings (SSSR count). The zero-order chi connectivity index (χ0) is 13.6. The van der Waals surface area contributed by atoms with E-state index in [0.29, 0.717) is 0 Å². The minimum absolute atomic E-state index is 0.247. The number of fused-ring (bicyclic) bond motifs is 1. The molecule has 0 heterocycles. The van der Waals surface area contributed by atoms with Crippen molar-refractivity contribution in [2.24, 2.45) is 0 Å². The normalized spacial score (nSPS) is 15.3. The summed E-state index contributed by atoms with van der Waals surface area (Å²) >= 11 is 0. The predicted molar refractivity (Wildman–Crippen MR) is 81.6 cm³/mol. The average molecular weight is 260 g/mol. The largest absolute Gasteiger partial charge is 0.543 e. The first kappa shape index (κ1) is 13.4. The molecule has 1 aliphatic carbocycles. The Hall–Kier alpha value is -1.02. The fourth-order valence-corrected chi connectivity index (χ4v) is 3.07. The maximum absolute atomic E-state index is 6.46. The number of hydrogen-bond acceptors (Lipinski definition) is 1. The Labute approximate surface area is 112 Å². The van der Waals surface area contributed by atoms with Crippen LogP contribution in [0.3, 0.4) is 0 Å². The fourth-order valence-electron chi connectivity index (χ4n) is 2.03. The fraction of sp³-hybridized carbons (Fsp3) is 0.500. The summed E-state index contributed by atoms with van der Waals surface area (Å²) < 4.78 is 6.46. The van der Waals surface area contributed by atoms with Gasteiger partial charge in [-0.15, -0.1) is 0 Å². The summed E-state index contributed by atoms with van der Waals surface area (Å²) in [7, 11) is -1.73. The lowest BCUT2D eigenvalue weighted by Crippen LogP contribution is -2.44. The molecule has 1 aliphatic rings. The maximum Gasteiger partial charge on any atom is 0.250 e. The zero-order valence-electron chi connectivity index (χ0n) is 12.4. The van der Waals surface area contributed by atoms with Crippen LogP contribution in [0.15, 0.2) is 23.8 Å². The zero-order valence-corrected chi connectivity index (χ0v) is 13.4. The topological polar surface area (TPSA) is 9.23 Å². The Balaban J connectivity index is 2.31. The second-order valence-electron chi connectivity index (χ2n) is 6.85. The number of benzene rings is 1. The van der Waals surface area contributed by atoms with E-state index in [0.717, 1.165) is 12.2 Å². The Morgan fingerprint density at radius 3 is 2.44 bits per heavy atom. The highest BCUT2D eigenvalue weighted by molar-refractivity contribution is 6.74. The number of hydrogen-bond donors (Lipinski definition) is 0. The van der Waals surface area contributed by atoms with Crippen LogP contribution >= 0.6 is 0 Å². The lowest BCUT2D eigenvalue weighted by molar-refractivity contribution is 0.488. The van der Waals surface area contributed by atoms with Gasteiger partial charge in [-0.05, 0) is 43.1 Å². The third-order valence-electron chi connectivity index (χ3n) is 4.20. The van der Waals surface area contributed by atoms with Gasteiger partial charge in [-0.2, -0.15) is 0 Å². The molecule has 0 unspecified atom stereocenters. The molecule has 0 amide bonds. The SMILES string of the molecule is CC1=Cc2cccc(O[Si](C)(C)C(C)(C)C)c2C1. The van der Waals surface area contributed by atoms with E-state index in [1.807, 2.05) is 0 Å². The summed E-state index contributed by atoms with van der Waals surface area (Å²) in [6.45, 7) is 13.7. The summed E-state index contributed by atoms with van der Waals surface area (Å²) in [5.74, 6) is 1.10. The summed E-state index contributed by atoms with van der Waals surface area (Å²) in [6, 6.07) is 6.42. The van der Waals surface area contributed by atoms with Crippen LogP contribution < -0.4 is 4.43 Å². The Morgan fingerprint density at radius 1 is 1.17 bits per heavy atom. The van der Waals surface area contributed by atoms with Crippen molar-refractivity contribution in [3.63, 3.8) is 0 Å². The highest BCUT2D eigenvalue weighted by Gasteiger charge is 2.39. The molecule has 0 aliphatic heterocycles. The van der Waals surface area contributed by atoms with Crippen molar-refractivity contribution in [1.82, 2.24) is 0 Å². The highest BCUT2D eigenvalue weighted by Crippen LogP contribution is 2.40. The minimum Gasteiger partial charge on any atom is -0.543 e. The molecular formula is C16H24OSi. The van der Waals surface area contributed by atoms with Crippen LogP contribution in [-0.4, -0.2) is 8.32 Å². The molecule has 0 saturated carbocycles. The summed E-state index contributed by atoms with van der Waals surface area (Å²) in [5, 5.41) is 0.247. The molecule has 1 aromatic rings. The third kappa shape index (κ3) is 2.39. The molecule has 0 spiro atoms. The van der Waals surface area contributed by atoms with Crippen LogP contribution in [0.5, 0.6) is 5.75 Å². The van der Waals surface area contributed by atoms with E-state index in [4.69, 9.17) is 4.43 Å². The second-order valence-corrected chi connectivity index (χ2v) is 11.6. The van der Waals surface area contributed by atoms with Crippen molar-refractivity contribution in [1.29, 1.82) is 0 Å². The van der Waals surface area contributed by atoms with Crippen molar-refractivity contribution < 1.29 is 4.43 Å². The summed E-state index contributed by atoms with van der Waals surface area (Å²) in [5.41, 5.74) is 4.14. The molecular weight excluding hydrogens is 236 g/mol. The van der Waals surface area contributed by atoms with Gasteiger partial charge < -0.3 is 4.43 Å². The van der Waals surface area contributed by atoms with Gasteiger partial charge in [-0.25, -0.2) is 0 Å². The molecule has 0 atom stereocenters. The molecule has 0 radical (unpaired) electrons. The maximum atomic E-state index is 6.46. The van der Waals surface area contributed by atoms with E-state index in [2.05, 4.69) is 65.1 Å². The van der Waals surface area contributed by atoms with Gasteiger partial charge in [-0.3, -0.25) is 0 Å². The van der Waals surface area contributed by atoms with Gasteiger partial charge in [0.1, 0.15) is 5.75 Å². The quantitative estimate of drug-likeness (QED) is 0.678. The van der Waals surface area contributed by atoms with Crippen LogP contribution in [0.1, 0.15) is 38.8 Å². The first-order valence-corrected chi connectivity index (χ1v) is 9.59. The van der Waals surface area contributed by atoms with Crippen molar-refractivity contribution in [3.05, 3.63) is 34.9 Å². The van der Waals surface area contributed by atoms with E-state index in [9.17, 15) is 0 Å². The van der Waals surface area contributed by atoms with Gasteiger partial charge in [0.15, 0.2) is 0 Å². The van der Waals surface area contributed by atoms with Gasteiger partial charge in [0.2, 0.25) is 8.32 Å². The van der Waals surface area contributed by atoms with Crippen molar-refractivity contribution >= 4 is 14.4 Å². The molecule has 18 heavy (non-hydrogen) atoms. The van der Waals surface area contributed by atoms with Crippen molar-refractivity contribution in [2.45, 2.75) is 52.2 Å². The van der Waals surface area contributed by atoms with Crippen LogP contribution in [0.2, 0.25) is 18.1 Å². The molecule has 0 N–H and O–H groups in total. The van der Waals surface area contributed by atoms with Gasteiger partial charge in [0, 0.05) is 5.56 Å². The lowest BCUT2D eigenvalue weighted by atomic mass is 10.1. The molecule has 0 fully saturated rings. The van der Waals surface area contributed by atoms with Gasteiger partial charge in [0.25, 0.3) is 0 Å². The first-order valence-electron chi connectivity index (χ1n) is 6.69. The van der Waals surface area contributed by atoms with Gasteiger partial charge >= 0.3 is 0 Å². The first-order chi connectivity index (χ1) is 8.21. The Kier molecular flexibility index (Phi) is 3.18. The molecule has 0 saturated heterocycles. The van der Waals surface area contributed by atoms with Crippen molar-refractivity contribution in [3.8, 4) is 5.75 Å². The molecule has 2 heteroatoms. The van der Waals surface area contributed by atoms with Gasteiger partial charge in [-0.1, -0.05) is 44.6 Å². The highest BCUT2D eigenvalue weighted by atomic mass is 28.4. The molecule has 1 nitrogen and oxygen atoms in total. The molecule has 0 bridgehead atoms. The average Bonchev–Trinajstić information content (AvgIpc) is 2.57. The van der Waals surface area contributed by atoms with Crippen LogP contribution in [0.25, 0.3) is 6.08 Å². The summed E-state index contributed by atoms with van der Waals surface area (Å²) in [6.07, 6.45) is 3.31. The standard InChI is InChI=1S/C16H24OSi/c1-12-10-13-8-7-9-15(14(13)11-12)17-18(5,6)16(2,3)4/h7-10H,11H2,1-6H3. The molecule has 0 aromatic heterocycles. The van der Waals surface area contributed by atoms with Crippen LogP contribution in [0.4, 0.5) is 0 Å². The number of allylic oxidation sites excluding steroid dienone is 1. The van der Waals surface area contributed by atoms with Crippen molar-refractivity contribution in [2.75, 3.05) is 0 Å². The van der Waals surface area contributed by atoms with E-state index in [1.165, 1.54) is 16.7 Å². The Morgan fingerprint density at radius 2 is 1.83 bits per heavy atom. The minimum atomic E-state index is -1.73. The van der Waals surface area contributed by atoms with Gasteiger partial charge in [0.05, 0.1) is 0 Å². The van der Waals surface area contributed by atoms with E-state index in [1.54, 1.807) is 0 Å². The van der Waals surface area contributed by atoms with Crippen LogP contribution in [0, 0.1) is 0 Å². The number of rotatable bonds is 2. The molecule has 1 aromatic carbocycles. The monoisotopic (exact) mass is 260 g/mol. The summed E-state index contributed by atoms with van der Waals surface area (Å²) in [4.78, 5) is 0. The predicted octanol–water partition coefficient (Wildman–Crippen LogP) is 5.03. The van der Waals surface area contributed by atoms with Crippen LogP contribution in [-0.2, 0) is 6.42 Å². The smallest absolute Gasteiger partial charge is 0.250 e. The van der Waals surface area contributed by atoms with E-state index in [-0.39, 0.29) is 5.04 Å². The second kappa shape index (κ2) is 4.27. The molecule has 98 valence electrons. The lowest BCUT2D eigenvalue weighted by Gasteiger charge is -2.37. The Bertz CT molecular complexity index is 492. The third-order valence-corrected chi connectivity index (χ3v) is 8.54. The van der Waals surface area contributed by atoms with E-state index < -0.39 is 8.32 Å². The van der Waals surface area contributed by atoms with E-state index >= 15 is 0 Å².